The summed E-state index contributed by atoms with van der Waals surface area (Å²) in [5.41, 5.74) is 2.76. The van der Waals surface area contributed by atoms with Gasteiger partial charge in [-0.25, -0.2) is 0 Å². The zero-order chi connectivity index (χ0) is 11.9. The van der Waals surface area contributed by atoms with Crippen LogP contribution in [0.4, 0.5) is 0 Å². The number of carboxylic acid groups (broad SMARTS) is 1. The first-order valence-electron chi connectivity index (χ1n) is 4.81. The first-order valence-corrected chi connectivity index (χ1v) is 5.63. The molecule has 0 spiro atoms. The SMILES string of the molecule is Cc1cc(C)c2c(c1)sc(=O)n2CC(=O)O. The Hall–Kier alpha value is -1.62. The third kappa shape index (κ3) is 1.74. The molecule has 16 heavy (non-hydrogen) atoms. The number of carbonyl (C=O) groups is 1. The van der Waals surface area contributed by atoms with Crippen molar-refractivity contribution in [3.63, 3.8) is 0 Å². The highest BCUT2D eigenvalue weighted by atomic mass is 32.1. The molecule has 1 N–H and O–H groups in total. The molecule has 84 valence electrons. The van der Waals surface area contributed by atoms with Gasteiger partial charge < -0.3 is 5.11 Å². The molecule has 0 atom stereocenters. The van der Waals surface area contributed by atoms with Crippen molar-refractivity contribution in [2.24, 2.45) is 0 Å². The zero-order valence-electron chi connectivity index (χ0n) is 8.98. The first-order chi connectivity index (χ1) is 7.49. The van der Waals surface area contributed by atoms with Gasteiger partial charge in [0, 0.05) is 0 Å². The van der Waals surface area contributed by atoms with Crippen molar-refractivity contribution in [3.05, 3.63) is 32.9 Å². The van der Waals surface area contributed by atoms with E-state index >= 15 is 0 Å². The summed E-state index contributed by atoms with van der Waals surface area (Å²) in [6.45, 7) is 3.57. The van der Waals surface area contributed by atoms with Gasteiger partial charge in [0.1, 0.15) is 6.54 Å². The average Bonchev–Trinajstić information content (AvgIpc) is 2.41. The Morgan fingerprint density at radius 2 is 2.12 bits per heavy atom. The number of benzene rings is 1. The predicted octanol–water partition coefficient (Wildman–Crippen LogP) is 1.76. The maximum absolute atomic E-state index is 11.7. The number of rotatable bonds is 2. The van der Waals surface area contributed by atoms with Gasteiger partial charge >= 0.3 is 10.8 Å². The van der Waals surface area contributed by atoms with Crippen molar-refractivity contribution in [2.45, 2.75) is 20.4 Å². The van der Waals surface area contributed by atoms with Gasteiger partial charge in [-0.1, -0.05) is 17.4 Å². The first kappa shape index (κ1) is 10.9. The van der Waals surface area contributed by atoms with Crippen molar-refractivity contribution in [2.75, 3.05) is 0 Å². The summed E-state index contributed by atoms with van der Waals surface area (Å²) in [5, 5.41) is 8.76. The van der Waals surface area contributed by atoms with Crippen LogP contribution in [-0.4, -0.2) is 15.6 Å². The molecule has 0 bridgehead atoms. The lowest BCUT2D eigenvalue weighted by Crippen LogP contribution is -2.18. The molecule has 0 radical (unpaired) electrons. The van der Waals surface area contributed by atoms with Gasteiger partial charge in [0.05, 0.1) is 10.2 Å². The van der Waals surface area contributed by atoms with Gasteiger partial charge in [-0.05, 0) is 31.0 Å². The van der Waals surface area contributed by atoms with Crippen LogP contribution >= 0.6 is 11.3 Å². The molecular formula is C11H11NO3S. The summed E-state index contributed by atoms with van der Waals surface area (Å²) in [5.74, 6) is -0.998. The number of hydrogen-bond acceptors (Lipinski definition) is 3. The van der Waals surface area contributed by atoms with E-state index in [-0.39, 0.29) is 11.4 Å². The van der Waals surface area contributed by atoms with E-state index in [1.807, 2.05) is 26.0 Å². The van der Waals surface area contributed by atoms with Crippen LogP contribution in [-0.2, 0) is 11.3 Å². The molecule has 0 aliphatic rings. The number of aromatic nitrogens is 1. The van der Waals surface area contributed by atoms with E-state index in [0.29, 0.717) is 0 Å². The molecule has 0 saturated carbocycles. The van der Waals surface area contributed by atoms with E-state index in [1.165, 1.54) is 4.57 Å². The van der Waals surface area contributed by atoms with E-state index in [9.17, 15) is 9.59 Å². The largest absolute Gasteiger partial charge is 0.480 e. The molecule has 5 heteroatoms. The third-order valence-corrected chi connectivity index (χ3v) is 3.32. The van der Waals surface area contributed by atoms with E-state index < -0.39 is 5.97 Å². The molecule has 2 rings (SSSR count). The molecule has 1 aromatic carbocycles. The summed E-state index contributed by atoms with van der Waals surface area (Å²) in [4.78, 5) is 22.1. The monoisotopic (exact) mass is 237 g/mol. The van der Waals surface area contributed by atoms with Gasteiger partial charge in [0.25, 0.3) is 0 Å². The summed E-state index contributed by atoms with van der Waals surface area (Å²) in [6, 6.07) is 3.86. The van der Waals surface area contributed by atoms with Crippen molar-refractivity contribution in [1.29, 1.82) is 0 Å². The quantitative estimate of drug-likeness (QED) is 0.865. The molecule has 0 saturated heterocycles. The molecule has 0 unspecified atom stereocenters. The highest BCUT2D eigenvalue weighted by molar-refractivity contribution is 7.16. The Kier molecular flexibility index (Phi) is 2.55. The smallest absolute Gasteiger partial charge is 0.323 e. The van der Waals surface area contributed by atoms with Crippen LogP contribution in [0.5, 0.6) is 0 Å². The minimum atomic E-state index is -0.998. The number of aliphatic carboxylic acids is 1. The number of aryl methyl sites for hydroxylation is 2. The molecule has 0 aliphatic heterocycles. The second kappa shape index (κ2) is 3.75. The van der Waals surface area contributed by atoms with Crippen molar-refractivity contribution in [1.82, 2.24) is 4.57 Å². The van der Waals surface area contributed by atoms with E-state index in [2.05, 4.69) is 0 Å². The molecule has 1 heterocycles. The van der Waals surface area contributed by atoms with Crippen LogP contribution in [0.2, 0.25) is 0 Å². The van der Waals surface area contributed by atoms with Gasteiger partial charge in [0.15, 0.2) is 0 Å². The van der Waals surface area contributed by atoms with Gasteiger partial charge in [-0.2, -0.15) is 0 Å². The molecular weight excluding hydrogens is 226 g/mol. The second-order valence-electron chi connectivity index (χ2n) is 3.78. The summed E-state index contributed by atoms with van der Waals surface area (Å²) in [7, 11) is 0. The topological polar surface area (TPSA) is 59.3 Å². The normalized spacial score (nSPS) is 10.9. The maximum atomic E-state index is 11.7. The Morgan fingerprint density at radius 1 is 1.44 bits per heavy atom. The van der Waals surface area contributed by atoms with Gasteiger partial charge in [-0.3, -0.25) is 14.2 Å². The molecule has 0 fully saturated rings. The third-order valence-electron chi connectivity index (χ3n) is 2.39. The van der Waals surface area contributed by atoms with E-state index in [4.69, 9.17) is 5.11 Å². The number of fused-ring (bicyclic) bond motifs is 1. The summed E-state index contributed by atoms with van der Waals surface area (Å²) < 4.78 is 2.17. The zero-order valence-corrected chi connectivity index (χ0v) is 9.80. The van der Waals surface area contributed by atoms with Crippen LogP contribution in [0.3, 0.4) is 0 Å². The van der Waals surface area contributed by atoms with E-state index in [0.717, 1.165) is 32.7 Å². The lowest BCUT2D eigenvalue weighted by Gasteiger charge is -2.03. The van der Waals surface area contributed by atoms with Crippen molar-refractivity contribution >= 4 is 27.5 Å². The lowest BCUT2D eigenvalue weighted by atomic mass is 10.1. The van der Waals surface area contributed by atoms with Crippen molar-refractivity contribution < 1.29 is 9.90 Å². The summed E-state index contributed by atoms with van der Waals surface area (Å²) >= 11 is 1.09. The predicted molar refractivity (Wildman–Crippen MR) is 63.2 cm³/mol. The Bertz CT molecular complexity index is 624. The Labute approximate surface area is 95.8 Å². The summed E-state index contributed by atoms with van der Waals surface area (Å²) in [6.07, 6.45) is 0. The number of carboxylic acids is 1. The fraction of sp³-hybridized carbons (Fsp3) is 0.273. The lowest BCUT2D eigenvalue weighted by molar-refractivity contribution is -0.137. The average molecular weight is 237 g/mol. The molecule has 4 nitrogen and oxygen atoms in total. The maximum Gasteiger partial charge on any atom is 0.323 e. The molecule has 0 aliphatic carbocycles. The van der Waals surface area contributed by atoms with Gasteiger partial charge in [0.2, 0.25) is 0 Å². The van der Waals surface area contributed by atoms with Crippen LogP contribution in [0.15, 0.2) is 16.9 Å². The fourth-order valence-corrected chi connectivity index (χ4v) is 2.93. The number of nitrogens with zero attached hydrogens (tertiary/aromatic N) is 1. The van der Waals surface area contributed by atoms with Crippen LogP contribution < -0.4 is 4.87 Å². The van der Waals surface area contributed by atoms with Crippen LogP contribution in [0.25, 0.3) is 10.2 Å². The minimum Gasteiger partial charge on any atom is -0.480 e. The van der Waals surface area contributed by atoms with E-state index in [1.54, 1.807) is 0 Å². The molecule has 1 aromatic heterocycles. The number of hydrogen-bond donors (Lipinski definition) is 1. The Balaban J connectivity index is 2.78. The fourth-order valence-electron chi connectivity index (χ4n) is 1.86. The highest BCUT2D eigenvalue weighted by Gasteiger charge is 2.12. The Morgan fingerprint density at radius 3 is 2.75 bits per heavy atom. The highest BCUT2D eigenvalue weighted by Crippen LogP contribution is 2.22. The molecule has 2 aromatic rings. The standard InChI is InChI=1S/C11H11NO3S/c1-6-3-7(2)10-8(4-6)16-11(15)12(10)5-9(13)14/h3-4H,5H2,1-2H3,(H,13,14). The molecule has 0 amide bonds. The minimum absolute atomic E-state index is 0.217. The second-order valence-corrected chi connectivity index (χ2v) is 4.77. The van der Waals surface area contributed by atoms with Gasteiger partial charge in [-0.15, -0.1) is 0 Å². The van der Waals surface area contributed by atoms with Crippen molar-refractivity contribution in [3.8, 4) is 0 Å². The number of thiazole rings is 1. The van der Waals surface area contributed by atoms with Crippen LogP contribution in [0, 0.1) is 13.8 Å². The van der Waals surface area contributed by atoms with Crippen LogP contribution in [0.1, 0.15) is 11.1 Å².